The maximum Gasteiger partial charge on any atom is 0.230 e. The summed E-state index contributed by atoms with van der Waals surface area (Å²) >= 11 is 1.27. The number of rotatable bonds is 10. The van der Waals surface area contributed by atoms with Gasteiger partial charge in [-0.1, -0.05) is 60.3 Å². The minimum atomic E-state index is -0.409. The number of nitrogens with two attached hydrogens (primary N) is 1. The Kier molecular flexibility index (Phi) is 7.26. The zero-order chi connectivity index (χ0) is 20.6. The third-order valence-electron chi connectivity index (χ3n) is 4.32. The van der Waals surface area contributed by atoms with Crippen molar-refractivity contribution in [2.45, 2.75) is 30.5 Å². The van der Waals surface area contributed by atoms with E-state index in [1.165, 1.54) is 11.8 Å². The van der Waals surface area contributed by atoms with E-state index >= 15 is 0 Å². The molecular formula is C21H24N4O3S. The number of amides is 1. The van der Waals surface area contributed by atoms with Gasteiger partial charge in [-0.05, 0) is 18.6 Å². The van der Waals surface area contributed by atoms with Gasteiger partial charge in [-0.3, -0.25) is 4.79 Å². The number of methoxy groups -OCH3 is 1. The summed E-state index contributed by atoms with van der Waals surface area (Å²) in [6, 6.07) is 17.9. The third-order valence-corrected chi connectivity index (χ3v) is 5.42. The molecule has 3 rings (SSSR count). The topological polar surface area (TPSA) is 92.3 Å². The molecule has 0 saturated heterocycles. The fraction of sp³-hybridized carbons (Fsp3) is 0.286. The molecule has 1 aromatic heterocycles. The number of thioether (sulfide) groups is 1. The first kappa shape index (κ1) is 20.9. The first-order valence-corrected chi connectivity index (χ1v) is 10.1. The minimum absolute atomic E-state index is 0.242. The lowest BCUT2D eigenvalue weighted by Crippen LogP contribution is -2.23. The van der Waals surface area contributed by atoms with Crippen LogP contribution in [0.4, 0.5) is 0 Å². The maximum atomic E-state index is 11.4. The van der Waals surface area contributed by atoms with Gasteiger partial charge in [-0.2, -0.15) is 0 Å². The van der Waals surface area contributed by atoms with E-state index < -0.39 is 11.2 Å². The Labute approximate surface area is 174 Å². The molecule has 2 aromatic carbocycles. The fourth-order valence-electron chi connectivity index (χ4n) is 2.73. The molecule has 29 heavy (non-hydrogen) atoms. The van der Waals surface area contributed by atoms with Crippen LogP contribution < -0.4 is 10.5 Å². The van der Waals surface area contributed by atoms with Crippen LogP contribution in [-0.2, 0) is 22.7 Å². The van der Waals surface area contributed by atoms with Crippen LogP contribution in [0.5, 0.6) is 5.75 Å². The minimum Gasteiger partial charge on any atom is -0.485 e. The van der Waals surface area contributed by atoms with Crippen molar-refractivity contribution in [1.82, 2.24) is 14.8 Å². The second kappa shape index (κ2) is 10.1. The smallest absolute Gasteiger partial charge is 0.230 e. The van der Waals surface area contributed by atoms with Crippen LogP contribution >= 0.6 is 11.8 Å². The molecule has 0 unspecified atom stereocenters. The number of para-hydroxylation sites is 1. The van der Waals surface area contributed by atoms with Crippen LogP contribution in [-0.4, -0.2) is 39.6 Å². The number of aromatic nitrogens is 3. The van der Waals surface area contributed by atoms with Gasteiger partial charge in [0.2, 0.25) is 5.91 Å². The van der Waals surface area contributed by atoms with Gasteiger partial charge in [-0.15, -0.1) is 10.2 Å². The van der Waals surface area contributed by atoms with E-state index in [2.05, 4.69) is 10.2 Å². The first-order chi connectivity index (χ1) is 14.1. The normalized spacial score (nSPS) is 11.9. The first-order valence-electron chi connectivity index (χ1n) is 9.24. The van der Waals surface area contributed by atoms with Crippen molar-refractivity contribution in [3.8, 4) is 16.9 Å². The van der Waals surface area contributed by atoms with E-state index in [1.807, 2.05) is 59.2 Å². The summed E-state index contributed by atoms with van der Waals surface area (Å²) in [6.45, 7) is 3.03. The number of primary amides is 1. The lowest BCUT2D eigenvalue weighted by Gasteiger charge is -2.14. The molecule has 0 saturated carbocycles. The number of hydrogen-bond acceptors (Lipinski definition) is 6. The van der Waals surface area contributed by atoms with Crippen LogP contribution in [0.2, 0.25) is 0 Å². The molecule has 0 aliphatic rings. The quantitative estimate of drug-likeness (QED) is 0.514. The number of benzene rings is 2. The van der Waals surface area contributed by atoms with Gasteiger partial charge in [0.15, 0.2) is 11.0 Å². The van der Waals surface area contributed by atoms with Crippen molar-refractivity contribution >= 4 is 17.7 Å². The van der Waals surface area contributed by atoms with Gasteiger partial charge < -0.3 is 19.8 Å². The summed E-state index contributed by atoms with van der Waals surface area (Å²) in [4.78, 5) is 11.4. The average molecular weight is 413 g/mol. The summed E-state index contributed by atoms with van der Waals surface area (Å²) in [6.07, 6.45) is 0. The maximum absolute atomic E-state index is 11.4. The molecule has 0 fully saturated rings. The number of carbonyl (C=O) groups excluding carboxylic acids is 1. The van der Waals surface area contributed by atoms with E-state index in [0.717, 1.165) is 16.9 Å². The predicted molar refractivity (Wildman–Crippen MR) is 113 cm³/mol. The Morgan fingerprint density at radius 2 is 1.86 bits per heavy atom. The van der Waals surface area contributed by atoms with Gasteiger partial charge >= 0.3 is 0 Å². The van der Waals surface area contributed by atoms with Crippen LogP contribution in [0.1, 0.15) is 12.7 Å². The summed E-state index contributed by atoms with van der Waals surface area (Å²) < 4.78 is 13.2. The number of carbonyl (C=O) groups is 1. The van der Waals surface area contributed by atoms with Crippen LogP contribution in [0, 0.1) is 0 Å². The second-order valence-corrected chi connectivity index (χ2v) is 7.66. The Balaban J connectivity index is 1.80. The molecule has 1 amide bonds. The lowest BCUT2D eigenvalue weighted by atomic mass is 10.1. The molecule has 7 nitrogen and oxygen atoms in total. The SMILES string of the molecule is COCCn1c(COc2ccccc2-c2ccccc2)nnc1S[C@@H](C)C(N)=O. The Morgan fingerprint density at radius 3 is 2.59 bits per heavy atom. The Bertz CT molecular complexity index is 946. The zero-order valence-corrected chi connectivity index (χ0v) is 17.3. The monoisotopic (exact) mass is 412 g/mol. The molecule has 0 aliphatic heterocycles. The zero-order valence-electron chi connectivity index (χ0n) is 16.4. The van der Waals surface area contributed by atoms with Crippen LogP contribution in [0.3, 0.4) is 0 Å². The van der Waals surface area contributed by atoms with Gasteiger partial charge in [-0.25, -0.2) is 0 Å². The van der Waals surface area contributed by atoms with Gasteiger partial charge in [0.1, 0.15) is 12.4 Å². The number of ether oxygens (including phenoxy) is 2. The number of nitrogens with zero attached hydrogens (tertiary/aromatic N) is 3. The molecule has 2 N–H and O–H groups in total. The highest BCUT2D eigenvalue weighted by atomic mass is 32.2. The van der Waals surface area contributed by atoms with Gasteiger partial charge in [0, 0.05) is 19.2 Å². The van der Waals surface area contributed by atoms with E-state index in [-0.39, 0.29) is 6.61 Å². The molecule has 0 bridgehead atoms. The summed E-state index contributed by atoms with van der Waals surface area (Å²) in [7, 11) is 1.63. The molecule has 152 valence electrons. The Morgan fingerprint density at radius 1 is 1.14 bits per heavy atom. The van der Waals surface area contributed by atoms with Crippen molar-refractivity contribution in [2.24, 2.45) is 5.73 Å². The standard InChI is InChI=1S/C21H24N4O3S/c1-15(20(22)26)29-21-24-23-19(25(21)12-13-27-2)14-28-18-11-7-6-10-17(18)16-8-4-3-5-9-16/h3-11,15H,12-14H2,1-2H3,(H2,22,26)/t15-/m0/s1. The summed E-state index contributed by atoms with van der Waals surface area (Å²) in [5.74, 6) is 1.02. The average Bonchev–Trinajstić information content (AvgIpc) is 3.12. The van der Waals surface area contributed by atoms with Crippen molar-refractivity contribution in [3.05, 3.63) is 60.4 Å². The largest absolute Gasteiger partial charge is 0.485 e. The molecule has 0 spiro atoms. The summed E-state index contributed by atoms with van der Waals surface area (Å²) in [5.41, 5.74) is 7.47. The second-order valence-electron chi connectivity index (χ2n) is 6.36. The fourth-order valence-corrected chi connectivity index (χ4v) is 3.57. The van der Waals surface area contributed by atoms with Gasteiger partial charge in [0.25, 0.3) is 0 Å². The van der Waals surface area contributed by atoms with Crippen molar-refractivity contribution in [3.63, 3.8) is 0 Å². The molecule has 1 atom stereocenters. The van der Waals surface area contributed by atoms with E-state index in [9.17, 15) is 4.79 Å². The molecule has 0 aliphatic carbocycles. The highest BCUT2D eigenvalue weighted by Crippen LogP contribution is 2.30. The van der Waals surface area contributed by atoms with Crippen molar-refractivity contribution in [2.75, 3.05) is 13.7 Å². The molecule has 8 heteroatoms. The molecule has 0 radical (unpaired) electrons. The molecular weight excluding hydrogens is 388 g/mol. The van der Waals surface area contributed by atoms with Crippen LogP contribution in [0.25, 0.3) is 11.1 Å². The van der Waals surface area contributed by atoms with Gasteiger partial charge in [0.05, 0.1) is 11.9 Å². The van der Waals surface area contributed by atoms with E-state index in [0.29, 0.717) is 24.1 Å². The van der Waals surface area contributed by atoms with E-state index in [4.69, 9.17) is 15.2 Å². The third kappa shape index (κ3) is 5.36. The highest BCUT2D eigenvalue weighted by Gasteiger charge is 2.19. The molecule has 1 heterocycles. The predicted octanol–water partition coefficient (Wildman–Crippen LogP) is 3.14. The van der Waals surface area contributed by atoms with E-state index in [1.54, 1.807) is 14.0 Å². The molecule has 3 aromatic rings. The lowest BCUT2D eigenvalue weighted by molar-refractivity contribution is -0.117. The number of hydrogen-bond donors (Lipinski definition) is 1. The van der Waals surface area contributed by atoms with Crippen molar-refractivity contribution < 1.29 is 14.3 Å². The summed E-state index contributed by atoms with van der Waals surface area (Å²) in [5, 5.41) is 8.68. The Hall–Kier alpha value is -2.84. The van der Waals surface area contributed by atoms with Crippen LogP contribution in [0.15, 0.2) is 59.8 Å². The van der Waals surface area contributed by atoms with Crippen molar-refractivity contribution in [1.29, 1.82) is 0 Å². The highest BCUT2D eigenvalue weighted by molar-refractivity contribution is 8.00.